The molecule has 0 aliphatic heterocycles. The topological polar surface area (TPSA) is 129 Å². The van der Waals surface area contributed by atoms with Gasteiger partial charge in [0.15, 0.2) is 5.65 Å². The molecule has 0 saturated heterocycles. The number of carbonyl (C=O) groups excluding carboxylic acids is 1. The van der Waals surface area contributed by atoms with Crippen LogP contribution >= 0.6 is 0 Å². The maximum absolute atomic E-state index is 13.4. The summed E-state index contributed by atoms with van der Waals surface area (Å²) in [5, 5.41) is 16.7. The third-order valence-electron chi connectivity index (χ3n) is 6.45. The van der Waals surface area contributed by atoms with Gasteiger partial charge in [-0.1, -0.05) is 42.2 Å². The lowest BCUT2D eigenvalue weighted by Crippen LogP contribution is -2.28. The van der Waals surface area contributed by atoms with Crippen molar-refractivity contribution in [2.75, 3.05) is 5.73 Å². The van der Waals surface area contributed by atoms with Crippen LogP contribution in [0.3, 0.4) is 0 Å². The van der Waals surface area contributed by atoms with Gasteiger partial charge in [0, 0.05) is 31.0 Å². The molecule has 0 bridgehead atoms. The monoisotopic (exact) mass is 513 g/mol. The lowest BCUT2D eigenvalue weighted by molar-refractivity contribution is 0.0941. The molecule has 0 saturated carbocycles. The summed E-state index contributed by atoms with van der Waals surface area (Å²) in [6.07, 6.45) is 10.1. The molecule has 4 aromatic heterocycles. The van der Waals surface area contributed by atoms with Crippen molar-refractivity contribution in [3.63, 3.8) is 0 Å². The molecule has 1 amide bonds. The fourth-order valence-corrected chi connectivity index (χ4v) is 4.54. The number of aromatic nitrogens is 7. The van der Waals surface area contributed by atoms with Crippen LogP contribution in [-0.4, -0.2) is 40.3 Å². The number of nitrogens with one attached hydrogen (secondary N) is 1. The molecule has 0 unspecified atom stereocenters. The highest BCUT2D eigenvalue weighted by atomic mass is 16.1. The van der Waals surface area contributed by atoms with Gasteiger partial charge in [0.05, 0.1) is 35.1 Å². The van der Waals surface area contributed by atoms with E-state index < -0.39 is 6.04 Å². The average molecular weight is 514 g/mol. The van der Waals surface area contributed by atoms with Gasteiger partial charge in [-0.3, -0.25) is 13.9 Å². The summed E-state index contributed by atoms with van der Waals surface area (Å²) in [6.45, 7) is 1.92. The Morgan fingerprint density at radius 3 is 2.74 bits per heavy atom. The van der Waals surface area contributed by atoms with Crippen molar-refractivity contribution in [1.82, 2.24) is 39.7 Å². The molecular weight excluding hydrogens is 490 g/mol. The minimum atomic E-state index is -0.404. The molecule has 3 N–H and O–H groups in total. The number of nitrogens with zero attached hydrogens (tertiary/aromatic N) is 7. The van der Waals surface area contributed by atoms with Crippen LogP contribution in [0.4, 0.5) is 5.82 Å². The first-order chi connectivity index (χ1) is 19.0. The maximum atomic E-state index is 13.4. The molecule has 10 nitrogen and oxygen atoms in total. The Kier molecular flexibility index (Phi) is 5.93. The Balaban J connectivity index is 1.44. The largest absolute Gasteiger partial charge is 0.383 e. The predicted octanol–water partition coefficient (Wildman–Crippen LogP) is 3.55. The Labute approximate surface area is 223 Å². The Bertz CT molecular complexity index is 1910. The number of benzene rings is 2. The van der Waals surface area contributed by atoms with Crippen LogP contribution < -0.4 is 11.1 Å². The Morgan fingerprint density at radius 2 is 1.95 bits per heavy atom. The first-order valence-electron chi connectivity index (χ1n) is 12.2. The molecular formula is C29H23N9O. The van der Waals surface area contributed by atoms with Gasteiger partial charge >= 0.3 is 0 Å². The van der Waals surface area contributed by atoms with Gasteiger partial charge in [0.2, 0.25) is 0 Å². The van der Waals surface area contributed by atoms with E-state index in [4.69, 9.17) is 5.73 Å². The average Bonchev–Trinajstić information content (AvgIpc) is 3.60. The molecule has 10 heteroatoms. The van der Waals surface area contributed by atoms with Crippen LogP contribution in [0.2, 0.25) is 0 Å². The number of hydrogen-bond donors (Lipinski definition) is 2. The van der Waals surface area contributed by atoms with E-state index in [1.807, 2.05) is 56.6 Å². The Hall–Kier alpha value is -5.56. The van der Waals surface area contributed by atoms with Crippen molar-refractivity contribution >= 4 is 28.3 Å². The van der Waals surface area contributed by atoms with Gasteiger partial charge in [-0.05, 0) is 35.7 Å². The summed E-state index contributed by atoms with van der Waals surface area (Å²) in [6, 6.07) is 13.6. The quantitative estimate of drug-likeness (QED) is 0.345. The van der Waals surface area contributed by atoms with E-state index in [1.165, 1.54) is 6.33 Å². The molecule has 0 fully saturated rings. The third-order valence-corrected chi connectivity index (χ3v) is 6.45. The minimum absolute atomic E-state index is 0.114. The van der Waals surface area contributed by atoms with Crippen molar-refractivity contribution in [2.45, 2.75) is 13.0 Å². The van der Waals surface area contributed by atoms with E-state index >= 15 is 0 Å². The van der Waals surface area contributed by atoms with Gasteiger partial charge in [0.1, 0.15) is 17.7 Å². The standard InChI is InChI=1S/C29H23N9O/c1-18(35-29(39)26-27(30)32-17-38-11-10-31-28(26)38)22-13-25-24(12-23(22)20-6-4-3-5-7-20)21(15-33-36-25)9-8-19-14-34-37(2)16-19/h3-7,10-18H,30H2,1-2H3,(H,35,39)/t18-/m0/s1. The number of fused-ring (bicyclic) bond motifs is 2. The summed E-state index contributed by atoms with van der Waals surface area (Å²) in [5.41, 5.74) is 11.8. The first-order valence-corrected chi connectivity index (χ1v) is 12.2. The van der Waals surface area contributed by atoms with Crippen LogP contribution in [0.1, 0.15) is 40.0 Å². The number of nitrogen functional groups attached to an aromatic ring is 1. The van der Waals surface area contributed by atoms with Crippen LogP contribution in [0.25, 0.3) is 27.7 Å². The fraction of sp³-hybridized carbons (Fsp3) is 0.103. The van der Waals surface area contributed by atoms with Crippen molar-refractivity contribution in [2.24, 2.45) is 7.05 Å². The highest BCUT2D eigenvalue weighted by Crippen LogP contribution is 2.33. The molecule has 0 radical (unpaired) electrons. The van der Waals surface area contributed by atoms with E-state index in [0.29, 0.717) is 11.2 Å². The normalized spacial score (nSPS) is 11.7. The third kappa shape index (κ3) is 4.53. The zero-order chi connectivity index (χ0) is 26.9. The summed E-state index contributed by atoms with van der Waals surface area (Å²) in [5.74, 6) is 6.11. The zero-order valence-corrected chi connectivity index (χ0v) is 21.2. The van der Waals surface area contributed by atoms with E-state index in [2.05, 4.69) is 48.5 Å². The number of amides is 1. The number of rotatable bonds is 4. The van der Waals surface area contributed by atoms with Gasteiger partial charge < -0.3 is 11.1 Å². The lowest BCUT2D eigenvalue weighted by Gasteiger charge is -2.20. The summed E-state index contributed by atoms with van der Waals surface area (Å²) in [4.78, 5) is 21.8. The molecule has 6 rings (SSSR count). The highest BCUT2D eigenvalue weighted by molar-refractivity contribution is 6.04. The van der Waals surface area contributed by atoms with Crippen molar-refractivity contribution in [3.8, 4) is 23.0 Å². The van der Waals surface area contributed by atoms with Crippen molar-refractivity contribution in [3.05, 3.63) is 102 Å². The lowest BCUT2D eigenvalue weighted by atomic mass is 9.92. The molecule has 0 aliphatic carbocycles. The van der Waals surface area contributed by atoms with Crippen molar-refractivity contribution < 1.29 is 4.79 Å². The van der Waals surface area contributed by atoms with Gasteiger partial charge in [-0.2, -0.15) is 15.3 Å². The summed E-state index contributed by atoms with van der Waals surface area (Å²) >= 11 is 0. The smallest absolute Gasteiger partial charge is 0.259 e. The van der Waals surface area contributed by atoms with E-state index in [-0.39, 0.29) is 17.3 Å². The maximum Gasteiger partial charge on any atom is 0.259 e. The second-order valence-corrected chi connectivity index (χ2v) is 9.09. The molecule has 0 spiro atoms. The predicted molar refractivity (Wildman–Crippen MR) is 147 cm³/mol. The Morgan fingerprint density at radius 1 is 1.10 bits per heavy atom. The number of aryl methyl sites for hydroxylation is 1. The van der Waals surface area contributed by atoms with Crippen LogP contribution in [0, 0.1) is 11.8 Å². The number of imidazole rings is 1. The molecule has 39 heavy (non-hydrogen) atoms. The zero-order valence-electron chi connectivity index (χ0n) is 21.2. The van der Waals surface area contributed by atoms with Crippen LogP contribution in [-0.2, 0) is 7.05 Å². The second-order valence-electron chi connectivity index (χ2n) is 9.09. The van der Waals surface area contributed by atoms with Gasteiger partial charge in [-0.15, -0.1) is 0 Å². The van der Waals surface area contributed by atoms with E-state index in [9.17, 15) is 4.79 Å². The molecule has 190 valence electrons. The van der Waals surface area contributed by atoms with Gasteiger partial charge in [0.25, 0.3) is 5.91 Å². The molecule has 2 aromatic carbocycles. The number of nitrogens with two attached hydrogens (primary N) is 1. The fourth-order valence-electron chi connectivity index (χ4n) is 4.54. The number of anilines is 1. The second kappa shape index (κ2) is 9.72. The number of hydrogen-bond acceptors (Lipinski definition) is 7. The van der Waals surface area contributed by atoms with E-state index in [0.717, 1.165) is 33.2 Å². The number of carbonyl (C=O) groups is 1. The van der Waals surface area contributed by atoms with Crippen LogP contribution in [0.5, 0.6) is 0 Å². The molecule has 0 aliphatic rings. The SMILES string of the molecule is C[C@H](NC(=O)c1c(N)ncn2ccnc12)c1cc2nncc(C#Cc3cnn(C)c3)c2cc1-c1ccccc1. The van der Waals surface area contributed by atoms with Crippen molar-refractivity contribution in [1.29, 1.82) is 0 Å². The summed E-state index contributed by atoms with van der Waals surface area (Å²) in [7, 11) is 1.85. The summed E-state index contributed by atoms with van der Waals surface area (Å²) < 4.78 is 3.37. The van der Waals surface area contributed by atoms with Gasteiger partial charge in [-0.25, -0.2) is 9.97 Å². The molecule has 4 heterocycles. The van der Waals surface area contributed by atoms with Crippen LogP contribution in [0.15, 0.2) is 79.8 Å². The first kappa shape index (κ1) is 23.8. The highest BCUT2D eigenvalue weighted by Gasteiger charge is 2.22. The minimum Gasteiger partial charge on any atom is -0.383 e. The molecule has 6 aromatic rings. The molecule has 1 atom stereocenters. The van der Waals surface area contributed by atoms with E-state index in [1.54, 1.807) is 33.9 Å².